The summed E-state index contributed by atoms with van der Waals surface area (Å²) in [6.07, 6.45) is 1.81. The molecule has 0 aliphatic carbocycles. The molecule has 1 fully saturated rings. The van der Waals surface area contributed by atoms with Crippen LogP contribution in [-0.4, -0.2) is 27.5 Å². The van der Waals surface area contributed by atoms with Crippen LogP contribution in [0.3, 0.4) is 0 Å². The molecule has 1 aliphatic rings. The topological polar surface area (TPSA) is 59.2 Å². The second-order valence-electron chi connectivity index (χ2n) is 5.81. The van der Waals surface area contributed by atoms with E-state index in [2.05, 4.69) is 10.1 Å². The third kappa shape index (κ3) is 2.86. The van der Waals surface area contributed by atoms with Crippen molar-refractivity contribution in [2.45, 2.75) is 32.7 Å². The summed E-state index contributed by atoms with van der Waals surface area (Å²) in [6.45, 7) is 4.56. The van der Waals surface area contributed by atoms with Gasteiger partial charge in [0.25, 0.3) is 0 Å². The zero-order valence-electron chi connectivity index (χ0n) is 12.6. The molecule has 1 saturated heterocycles. The van der Waals surface area contributed by atoms with Crippen LogP contribution in [0.2, 0.25) is 5.02 Å². The van der Waals surface area contributed by atoms with Gasteiger partial charge in [-0.2, -0.15) is 4.98 Å². The van der Waals surface area contributed by atoms with Gasteiger partial charge in [-0.25, -0.2) is 0 Å². The first-order chi connectivity index (χ1) is 10.6. The number of carbonyl (C=O) groups excluding carboxylic acids is 1. The van der Waals surface area contributed by atoms with Gasteiger partial charge in [0.05, 0.1) is 0 Å². The maximum Gasteiger partial charge on any atom is 0.249 e. The van der Waals surface area contributed by atoms with E-state index in [0.29, 0.717) is 16.7 Å². The summed E-state index contributed by atoms with van der Waals surface area (Å²) in [5.41, 5.74) is 0.808. The first-order valence-corrected chi connectivity index (χ1v) is 7.84. The van der Waals surface area contributed by atoms with Crippen LogP contribution >= 0.6 is 11.6 Å². The van der Waals surface area contributed by atoms with Gasteiger partial charge in [0.15, 0.2) is 0 Å². The number of benzene rings is 1. The molecule has 6 heteroatoms. The summed E-state index contributed by atoms with van der Waals surface area (Å²) in [5, 5.41) is 4.65. The van der Waals surface area contributed by atoms with Crippen molar-refractivity contribution >= 4 is 17.5 Å². The molecule has 1 atom stereocenters. The Kier molecular flexibility index (Phi) is 4.16. The Morgan fingerprint density at radius 2 is 2.27 bits per heavy atom. The van der Waals surface area contributed by atoms with Crippen LogP contribution in [-0.2, 0) is 4.79 Å². The lowest BCUT2D eigenvalue weighted by molar-refractivity contribution is -0.135. The fourth-order valence-electron chi connectivity index (χ4n) is 2.73. The zero-order chi connectivity index (χ0) is 15.7. The van der Waals surface area contributed by atoms with Gasteiger partial charge < -0.3 is 9.42 Å². The number of hydrogen-bond acceptors (Lipinski definition) is 4. The number of carbonyl (C=O) groups is 1. The summed E-state index contributed by atoms with van der Waals surface area (Å²) in [5.74, 6) is 1.10. The number of hydrogen-bond donors (Lipinski definition) is 0. The fourth-order valence-corrected chi connectivity index (χ4v) is 2.92. The normalized spacial score (nSPS) is 18.2. The molecular formula is C16H18ClN3O2. The first kappa shape index (κ1) is 15.0. The third-order valence-electron chi connectivity index (χ3n) is 3.84. The van der Waals surface area contributed by atoms with Crippen LogP contribution in [0.5, 0.6) is 0 Å². The molecule has 3 rings (SSSR count). The van der Waals surface area contributed by atoms with E-state index in [0.717, 1.165) is 24.9 Å². The molecule has 2 heterocycles. The van der Waals surface area contributed by atoms with Crippen LogP contribution in [0.25, 0.3) is 11.4 Å². The van der Waals surface area contributed by atoms with Gasteiger partial charge >= 0.3 is 0 Å². The van der Waals surface area contributed by atoms with Crippen LogP contribution in [0.4, 0.5) is 0 Å². The van der Waals surface area contributed by atoms with E-state index in [1.54, 1.807) is 12.1 Å². The molecule has 1 aromatic heterocycles. The second kappa shape index (κ2) is 6.08. The molecule has 1 aliphatic heterocycles. The number of rotatable bonds is 3. The Morgan fingerprint density at radius 3 is 3.00 bits per heavy atom. The van der Waals surface area contributed by atoms with Crippen molar-refractivity contribution in [2.75, 3.05) is 6.54 Å². The van der Waals surface area contributed by atoms with Crippen molar-refractivity contribution in [2.24, 2.45) is 5.92 Å². The van der Waals surface area contributed by atoms with Crippen LogP contribution in [0, 0.1) is 5.92 Å². The minimum Gasteiger partial charge on any atom is -0.337 e. The Balaban J connectivity index is 1.85. The van der Waals surface area contributed by atoms with E-state index in [1.807, 2.05) is 30.9 Å². The van der Waals surface area contributed by atoms with Gasteiger partial charge in [-0.15, -0.1) is 0 Å². The monoisotopic (exact) mass is 319 g/mol. The van der Waals surface area contributed by atoms with Gasteiger partial charge in [0.2, 0.25) is 17.6 Å². The van der Waals surface area contributed by atoms with E-state index >= 15 is 0 Å². The predicted molar refractivity (Wildman–Crippen MR) is 83.3 cm³/mol. The highest BCUT2D eigenvalue weighted by Gasteiger charge is 2.34. The summed E-state index contributed by atoms with van der Waals surface area (Å²) in [6, 6.07) is 7.20. The minimum absolute atomic E-state index is 0.0316. The van der Waals surface area contributed by atoms with E-state index in [9.17, 15) is 4.79 Å². The number of likely N-dealkylation sites (tertiary alicyclic amines) is 1. The molecule has 1 amide bonds. The fraction of sp³-hybridized carbons (Fsp3) is 0.438. The molecule has 1 aromatic carbocycles. The number of halogens is 1. The van der Waals surface area contributed by atoms with E-state index < -0.39 is 0 Å². The summed E-state index contributed by atoms with van der Waals surface area (Å²) in [7, 11) is 0. The molecule has 0 bridgehead atoms. The summed E-state index contributed by atoms with van der Waals surface area (Å²) in [4.78, 5) is 18.6. The van der Waals surface area contributed by atoms with Crippen molar-refractivity contribution < 1.29 is 9.32 Å². The Labute approximate surface area is 134 Å². The SMILES string of the molecule is CC(C)C(=O)N1CCCC1c1nc(-c2cccc(Cl)c2)no1. The van der Waals surface area contributed by atoms with Gasteiger partial charge in [0.1, 0.15) is 6.04 Å². The van der Waals surface area contributed by atoms with Gasteiger partial charge in [-0.05, 0) is 25.0 Å². The highest BCUT2D eigenvalue weighted by atomic mass is 35.5. The van der Waals surface area contributed by atoms with E-state index in [1.165, 1.54) is 0 Å². The largest absolute Gasteiger partial charge is 0.337 e. The maximum absolute atomic E-state index is 12.3. The van der Waals surface area contributed by atoms with Crippen LogP contribution < -0.4 is 0 Å². The summed E-state index contributed by atoms with van der Waals surface area (Å²) < 4.78 is 5.40. The summed E-state index contributed by atoms with van der Waals surface area (Å²) >= 11 is 5.99. The number of nitrogens with zero attached hydrogens (tertiary/aromatic N) is 3. The second-order valence-corrected chi connectivity index (χ2v) is 6.25. The van der Waals surface area contributed by atoms with Crippen molar-refractivity contribution in [1.82, 2.24) is 15.0 Å². The lowest BCUT2D eigenvalue weighted by Crippen LogP contribution is -2.33. The molecule has 22 heavy (non-hydrogen) atoms. The van der Waals surface area contributed by atoms with Gasteiger partial charge in [0, 0.05) is 23.0 Å². The number of aromatic nitrogens is 2. The molecule has 0 radical (unpaired) electrons. The van der Waals surface area contributed by atoms with Crippen LogP contribution in [0.1, 0.15) is 38.6 Å². The highest BCUT2D eigenvalue weighted by molar-refractivity contribution is 6.30. The first-order valence-electron chi connectivity index (χ1n) is 7.46. The van der Waals surface area contributed by atoms with Gasteiger partial charge in [-0.1, -0.05) is 42.7 Å². The highest BCUT2D eigenvalue weighted by Crippen LogP contribution is 2.33. The molecule has 1 unspecified atom stereocenters. The standard InChI is InChI=1S/C16H18ClN3O2/c1-10(2)16(21)20-8-4-7-13(20)15-18-14(19-22-15)11-5-3-6-12(17)9-11/h3,5-6,9-10,13H,4,7-8H2,1-2H3. The quantitative estimate of drug-likeness (QED) is 0.865. The number of amides is 1. The zero-order valence-corrected chi connectivity index (χ0v) is 13.4. The van der Waals surface area contributed by atoms with Crippen molar-refractivity contribution in [3.8, 4) is 11.4 Å². The Bertz CT molecular complexity index is 684. The van der Waals surface area contributed by atoms with Crippen LogP contribution in [0.15, 0.2) is 28.8 Å². The molecule has 5 nitrogen and oxygen atoms in total. The minimum atomic E-state index is -0.115. The Hall–Kier alpha value is -1.88. The molecule has 0 saturated carbocycles. The maximum atomic E-state index is 12.3. The molecule has 0 N–H and O–H groups in total. The van der Waals surface area contributed by atoms with E-state index in [4.69, 9.17) is 16.1 Å². The van der Waals surface area contributed by atoms with E-state index in [-0.39, 0.29) is 17.9 Å². The van der Waals surface area contributed by atoms with Crippen molar-refractivity contribution in [3.05, 3.63) is 35.2 Å². The van der Waals surface area contributed by atoms with Crippen molar-refractivity contribution in [3.63, 3.8) is 0 Å². The molecular weight excluding hydrogens is 302 g/mol. The molecule has 116 valence electrons. The average molecular weight is 320 g/mol. The smallest absolute Gasteiger partial charge is 0.249 e. The lowest BCUT2D eigenvalue weighted by Gasteiger charge is -2.23. The van der Waals surface area contributed by atoms with Gasteiger partial charge in [-0.3, -0.25) is 4.79 Å². The lowest BCUT2D eigenvalue weighted by atomic mass is 10.1. The predicted octanol–water partition coefficient (Wildman–Crippen LogP) is 3.71. The van der Waals surface area contributed by atoms with Crippen molar-refractivity contribution in [1.29, 1.82) is 0 Å². The molecule has 2 aromatic rings. The third-order valence-corrected chi connectivity index (χ3v) is 4.07. The molecule has 0 spiro atoms. The Morgan fingerprint density at radius 1 is 1.45 bits per heavy atom. The average Bonchev–Trinajstić information content (AvgIpc) is 3.15.